The maximum absolute atomic E-state index is 13.2. The Morgan fingerprint density at radius 2 is 1.59 bits per heavy atom. The molecule has 2 amide bonds. The lowest BCUT2D eigenvalue weighted by atomic mass is 10.0. The van der Waals surface area contributed by atoms with Gasteiger partial charge in [-0.15, -0.1) is 0 Å². The molecule has 1 aliphatic heterocycles. The molecule has 1 fully saturated rings. The van der Waals surface area contributed by atoms with Crippen LogP contribution in [0.2, 0.25) is 0 Å². The van der Waals surface area contributed by atoms with Crippen LogP contribution in [0.1, 0.15) is 30.0 Å². The molecular weight excluding hydrogens is 362 g/mol. The van der Waals surface area contributed by atoms with E-state index in [1.165, 1.54) is 11.1 Å². The van der Waals surface area contributed by atoms with Crippen LogP contribution in [0, 0.1) is 6.92 Å². The Morgan fingerprint density at radius 3 is 2.21 bits per heavy atom. The van der Waals surface area contributed by atoms with Crippen molar-refractivity contribution >= 4 is 11.8 Å². The van der Waals surface area contributed by atoms with Crippen molar-refractivity contribution in [3.63, 3.8) is 0 Å². The van der Waals surface area contributed by atoms with Gasteiger partial charge in [-0.2, -0.15) is 0 Å². The van der Waals surface area contributed by atoms with Gasteiger partial charge in [0.05, 0.1) is 0 Å². The standard InChI is InChI=1S/C24H31N3O2/c1-3-23(28)25-22(17-20-11-9-19(2)10-12-20)24(29)27-15-13-26(14-16-27)18-21-7-5-4-6-8-21/h4-12,22H,3,13-18H2,1-2H3,(H,25,28)/t22-/m1/s1. The molecule has 154 valence electrons. The van der Waals surface area contributed by atoms with Crippen molar-refractivity contribution in [1.82, 2.24) is 15.1 Å². The fourth-order valence-electron chi connectivity index (χ4n) is 3.64. The quantitative estimate of drug-likeness (QED) is 0.787. The highest BCUT2D eigenvalue weighted by atomic mass is 16.2. The van der Waals surface area contributed by atoms with E-state index in [4.69, 9.17) is 0 Å². The van der Waals surface area contributed by atoms with E-state index in [9.17, 15) is 9.59 Å². The summed E-state index contributed by atoms with van der Waals surface area (Å²) in [7, 11) is 0. The third kappa shape index (κ3) is 6.16. The Kier molecular flexibility index (Phi) is 7.42. The number of hydrogen-bond acceptors (Lipinski definition) is 3. The van der Waals surface area contributed by atoms with Crippen LogP contribution in [0.4, 0.5) is 0 Å². The topological polar surface area (TPSA) is 52.7 Å². The second kappa shape index (κ2) is 10.2. The molecule has 0 spiro atoms. The molecule has 0 bridgehead atoms. The van der Waals surface area contributed by atoms with E-state index >= 15 is 0 Å². The summed E-state index contributed by atoms with van der Waals surface area (Å²) < 4.78 is 0. The molecule has 1 heterocycles. The Hall–Kier alpha value is -2.66. The highest BCUT2D eigenvalue weighted by molar-refractivity contribution is 5.88. The Morgan fingerprint density at radius 1 is 0.931 bits per heavy atom. The summed E-state index contributed by atoms with van der Waals surface area (Å²) in [5, 5.41) is 2.93. The molecule has 2 aromatic rings. The van der Waals surface area contributed by atoms with E-state index < -0.39 is 6.04 Å². The van der Waals surface area contributed by atoms with E-state index in [1.807, 2.05) is 49.1 Å². The molecular formula is C24H31N3O2. The van der Waals surface area contributed by atoms with Gasteiger partial charge in [-0.3, -0.25) is 14.5 Å². The largest absolute Gasteiger partial charge is 0.344 e. The van der Waals surface area contributed by atoms with Crippen LogP contribution in [0.15, 0.2) is 54.6 Å². The molecule has 5 heteroatoms. The smallest absolute Gasteiger partial charge is 0.245 e. The van der Waals surface area contributed by atoms with Crippen LogP contribution >= 0.6 is 0 Å². The number of rotatable bonds is 7. The summed E-state index contributed by atoms with van der Waals surface area (Å²) in [6.07, 6.45) is 0.900. The molecule has 0 aromatic heterocycles. The van der Waals surface area contributed by atoms with Gasteiger partial charge in [-0.25, -0.2) is 0 Å². The molecule has 0 radical (unpaired) electrons. The first kappa shape index (κ1) is 21.1. The van der Waals surface area contributed by atoms with E-state index in [0.717, 1.165) is 25.2 Å². The first-order valence-electron chi connectivity index (χ1n) is 10.4. The van der Waals surface area contributed by atoms with E-state index in [0.29, 0.717) is 25.9 Å². The Labute approximate surface area is 173 Å². The van der Waals surface area contributed by atoms with E-state index in [2.05, 4.69) is 34.5 Å². The van der Waals surface area contributed by atoms with Crippen LogP contribution in [0.25, 0.3) is 0 Å². The maximum atomic E-state index is 13.2. The van der Waals surface area contributed by atoms with Crippen molar-refractivity contribution in [2.24, 2.45) is 0 Å². The van der Waals surface area contributed by atoms with Gasteiger partial charge in [-0.1, -0.05) is 67.1 Å². The summed E-state index contributed by atoms with van der Waals surface area (Å²) in [6.45, 7) is 7.84. The summed E-state index contributed by atoms with van der Waals surface area (Å²) in [6, 6.07) is 18.1. The predicted octanol–water partition coefficient (Wildman–Crippen LogP) is 2.78. The lowest BCUT2D eigenvalue weighted by Crippen LogP contribution is -2.55. The number of benzene rings is 2. The zero-order valence-corrected chi connectivity index (χ0v) is 17.4. The third-order valence-electron chi connectivity index (χ3n) is 5.45. The number of aryl methyl sites for hydroxylation is 1. The summed E-state index contributed by atoms with van der Waals surface area (Å²) in [4.78, 5) is 29.5. The minimum absolute atomic E-state index is 0.0201. The second-order valence-electron chi connectivity index (χ2n) is 7.75. The second-order valence-corrected chi connectivity index (χ2v) is 7.75. The van der Waals surface area contributed by atoms with Crippen molar-refractivity contribution < 1.29 is 9.59 Å². The van der Waals surface area contributed by atoms with Crippen molar-refractivity contribution in [2.75, 3.05) is 26.2 Å². The minimum atomic E-state index is -0.508. The van der Waals surface area contributed by atoms with E-state index in [-0.39, 0.29) is 11.8 Å². The first-order chi connectivity index (χ1) is 14.0. The highest BCUT2D eigenvalue weighted by Crippen LogP contribution is 2.12. The molecule has 1 atom stereocenters. The van der Waals surface area contributed by atoms with Crippen LogP contribution < -0.4 is 5.32 Å². The molecule has 1 N–H and O–H groups in total. The van der Waals surface area contributed by atoms with E-state index in [1.54, 1.807) is 0 Å². The summed E-state index contributed by atoms with van der Waals surface area (Å²) in [5.41, 5.74) is 3.54. The van der Waals surface area contributed by atoms with Gasteiger partial charge in [0.25, 0.3) is 0 Å². The molecule has 1 aliphatic rings. The van der Waals surface area contributed by atoms with Gasteiger partial charge in [0.2, 0.25) is 11.8 Å². The van der Waals surface area contributed by atoms with Crippen molar-refractivity contribution in [3.8, 4) is 0 Å². The zero-order chi connectivity index (χ0) is 20.6. The number of carbonyl (C=O) groups excluding carboxylic acids is 2. The Balaban J connectivity index is 1.60. The van der Waals surface area contributed by atoms with Crippen molar-refractivity contribution in [3.05, 3.63) is 71.3 Å². The zero-order valence-electron chi connectivity index (χ0n) is 17.4. The number of piperazine rings is 1. The molecule has 0 aliphatic carbocycles. The number of nitrogens with zero attached hydrogens (tertiary/aromatic N) is 2. The number of nitrogens with one attached hydrogen (secondary N) is 1. The van der Waals surface area contributed by atoms with Gasteiger partial charge < -0.3 is 10.2 Å². The van der Waals surface area contributed by atoms with Crippen LogP contribution in [0.5, 0.6) is 0 Å². The molecule has 0 unspecified atom stereocenters. The predicted molar refractivity (Wildman–Crippen MR) is 115 cm³/mol. The number of carbonyl (C=O) groups is 2. The number of amides is 2. The minimum Gasteiger partial charge on any atom is -0.344 e. The van der Waals surface area contributed by atoms with Crippen molar-refractivity contribution in [1.29, 1.82) is 0 Å². The van der Waals surface area contributed by atoms with Gasteiger partial charge in [-0.05, 0) is 18.1 Å². The van der Waals surface area contributed by atoms with Crippen LogP contribution in [-0.2, 0) is 22.6 Å². The van der Waals surface area contributed by atoms with Gasteiger partial charge in [0, 0.05) is 45.6 Å². The molecule has 0 saturated carbocycles. The summed E-state index contributed by atoms with van der Waals surface area (Å²) >= 11 is 0. The molecule has 29 heavy (non-hydrogen) atoms. The molecule has 2 aromatic carbocycles. The van der Waals surface area contributed by atoms with Crippen LogP contribution in [0.3, 0.4) is 0 Å². The Bertz CT molecular complexity index is 797. The van der Waals surface area contributed by atoms with Gasteiger partial charge in [0.1, 0.15) is 6.04 Å². The normalized spacial score (nSPS) is 15.7. The SMILES string of the molecule is CCC(=O)N[C@H](Cc1ccc(C)cc1)C(=O)N1CCN(Cc2ccccc2)CC1. The first-order valence-corrected chi connectivity index (χ1v) is 10.4. The monoisotopic (exact) mass is 393 g/mol. The van der Waals surface area contributed by atoms with Crippen LogP contribution in [-0.4, -0.2) is 53.8 Å². The maximum Gasteiger partial charge on any atom is 0.245 e. The van der Waals surface area contributed by atoms with Crippen molar-refractivity contribution in [2.45, 2.75) is 39.3 Å². The van der Waals surface area contributed by atoms with Gasteiger partial charge in [0.15, 0.2) is 0 Å². The fraction of sp³-hybridized carbons (Fsp3) is 0.417. The lowest BCUT2D eigenvalue weighted by molar-refractivity contribution is -0.138. The molecule has 3 rings (SSSR count). The average molecular weight is 394 g/mol. The number of hydrogen-bond donors (Lipinski definition) is 1. The third-order valence-corrected chi connectivity index (χ3v) is 5.45. The van der Waals surface area contributed by atoms with Gasteiger partial charge >= 0.3 is 0 Å². The highest BCUT2D eigenvalue weighted by Gasteiger charge is 2.28. The average Bonchev–Trinajstić information content (AvgIpc) is 2.75. The molecule has 1 saturated heterocycles. The fourth-order valence-corrected chi connectivity index (χ4v) is 3.64. The lowest BCUT2D eigenvalue weighted by Gasteiger charge is -2.36. The molecule has 5 nitrogen and oxygen atoms in total. The summed E-state index contributed by atoms with van der Waals surface area (Å²) in [5.74, 6) is -0.0649.